The molecule has 0 aliphatic heterocycles. The fourth-order valence-corrected chi connectivity index (χ4v) is 8.61. The molecule has 0 aliphatic carbocycles. The smallest absolute Gasteiger partial charge is 0.326 e. The van der Waals surface area contributed by atoms with Gasteiger partial charge in [0.15, 0.2) is 11.9 Å². The van der Waals surface area contributed by atoms with Gasteiger partial charge in [0.25, 0.3) is 0 Å². The quantitative estimate of drug-likeness (QED) is 0.0171. The standard InChI is InChI=1S/C57H91N17O15/c1-27(2)23-41(55(88)89)72-54(87)44(28(3)4)73-46(79)30(7)66-47(80)36(11-9-21-64-56(60)61)68-53(86)45(29(5)6)74-51(84)39(25-33-15-19-35(77)20-16-33)70-49(82)38(24-32-13-17-34(76)18-14-32)69-50(83)40(26-42(58)78)71-48(81)37(12-10-22-65-57(62)63)67-52(85)43(59)31(8)75/h13-20,27-31,36-41,43-45,75-77H,9-12,21-26,59H2,1-8H3,(H2,58,78)(H,66,80)(H,67,85)(H,68,86)(H,69,83)(H,70,82)(H,71,81)(H,72,87)(H,73,79)(H,74,84)(H,88,89)(H4,60,61,64)(H4,62,63,65)/t30-,31+,36-,37-,38-,39-,40-,41-,43-,44-,45-/m0/s1. The largest absolute Gasteiger partial charge is 0.508 e. The van der Waals surface area contributed by atoms with E-state index in [2.05, 4.69) is 57.8 Å². The molecule has 2 aromatic rings. The topological polar surface area (TPSA) is 558 Å². The van der Waals surface area contributed by atoms with Gasteiger partial charge in [-0.1, -0.05) is 65.8 Å². The van der Waals surface area contributed by atoms with E-state index in [-0.39, 0.29) is 87.4 Å². The minimum atomic E-state index is -1.82. The lowest BCUT2D eigenvalue weighted by Gasteiger charge is -2.29. The van der Waals surface area contributed by atoms with E-state index in [1.165, 1.54) is 62.4 Å². The van der Waals surface area contributed by atoms with Crippen molar-refractivity contribution >= 4 is 77.0 Å². The van der Waals surface area contributed by atoms with Gasteiger partial charge in [0.2, 0.25) is 59.1 Å². The van der Waals surface area contributed by atoms with E-state index in [1.54, 1.807) is 41.5 Å². The van der Waals surface area contributed by atoms with Crippen LogP contribution >= 0.6 is 0 Å². The van der Waals surface area contributed by atoms with Gasteiger partial charge in [0.1, 0.15) is 71.9 Å². The van der Waals surface area contributed by atoms with Crippen LogP contribution in [0.15, 0.2) is 58.5 Å². The number of hydrogen-bond acceptors (Lipinski definition) is 17. The number of amides is 10. The van der Waals surface area contributed by atoms with Crippen molar-refractivity contribution in [3.8, 4) is 11.5 Å². The van der Waals surface area contributed by atoms with Crippen LogP contribution in [0.25, 0.3) is 0 Å². The summed E-state index contributed by atoms with van der Waals surface area (Å²) in [5.74, 6) is -13.1. The summed E-state index contributed by atoms with van der Waals surface area (Å²) in [6, 6.07) is -3.76. The summed E-state index contributed by atoms with van der Waals surface area (Å²) in [5.41, 5.74) is 33.9. The zero-order valence-electron chi connectivity index (χ0n) is 51.4. The Morgan fingerprint density at radius 1 is 0.449 bits per heavy atom. The molecule has 0 bridgehead atoms. The second-order valence-corrected chi connectivity index (χ2v) is 22.6. The molecule has 11 atom stereocenters. The zero-order chi connectivity index (χ0) is 67.4. The van der Waals surface area contributed by atoms with Crippen LogP contribution in [0, 0.1) is 17.8 Å². The molecule has 0 heterocycles. The Bertz CT molecular complexity index is 2790. The van der Waals surface area contributed by atoms with Crippen LogP contribution < -0.4 is 82.3 Å². The average molecular weight is 1250 g/mol. The highest BCUT2D eigenvalue weighted by Crippen LogP contribution is 2.16. The van der Waals surface area contributed by atoms with Crippen molar-refractivity contribution < 1.29 is 73.2 Å². The van der Waals surface area contributed by atoms with Gasteiger partial charge in [-0.15, -0.1) is 0 Å². The Morgan fingerprint density at radius 2 is 0.798 bits per heavy atom. The summed E-state index contributed by atoms with van der Waals surface area (Å²) in [7, 11) is 0. The van der Waals surface area contributed by atoms with Crippen molar-refractivity contribution in [2.75, 3.05) is 13.1 Å². The molecular formula is C57H91N17O15. The van der Waals surface area contributed by atoms with Crippen molar-refractivity contribution in [3.63, 3.8) is 0 Å². The SMILES string of the molecule is CC(C)C[C@H](NC(=O)[C@@H](NC(=O)[C@H](C)NC(=O)[C@H](CCCN=C(N)N)NC(=O)[C@@H](NC(=O)[C@H](Cc1ccc(O)cc1)NC(=O)[C@H](Cc1ccc(O)cc1)NC(=O)[C@H](CC(N)=O)NC(=O)[C@H](CCCN=C(N)N)NC(=O)[C@@H](N)[C@@H](C)O)C(C)C)C(C)C)C(=O)O. The van der Waals surface area contributed by atoms with E-state index in [0.29, 0.717) is 11.1 Å². The van der Waals surface area contributed by atoms with Crippen LogP contribution in [-0.2, 0) is 65.6 Å². The molecule has 494 valence electrons. The number of phenolic OH excluding ortho intramolecular Hbond substituents is 2. The summed E-state index contributed by atoms with van der Waals surface area (Å²) >= 11 is 0. The molecule has 32 heteroatoms. The van der Waals surface area contributed by atoms with Crippen LogP contribution in [-0.4, -0.2) is 177 Å². The first-order valence-electron chi connectivity index (χ1n) is 28.9. The van der Waals surface area contributed by atoms with Gasteiger partial charge >= 0.3 is 5.97 Å². The first kappa shape index (κ1) is 75.8. The lowest BCUT2D eigenvalue weighted by molar-refractivity contribution is -0.143. The number of carbonyl (C=O) groups is 11. The number of aliphatic hydroxyl groups is 1. The maximum absolute atomic E-state index is 14.7. The Morgan fingerprint density at radius 3 is 1.18 bits per heavy atom. The number of aromatic hydroxyl groups is 2. The Kier molecular flexibility index (Phi) is 31.8. The van der Waals surface area contributed by atoms with Crippen LogP contribution in [0.3, 0.4) is 0 Å². The molecule has 25 N–H and O–H groups in total. The molecule has 0 fully saturated rings. The van der Waals surface area contributed by atoms with E-state index >= 15 is 0 Å². The lowest BCUT2D eigenvalue weighted by Crippen LogP contribution is -2.62. The van der Waals surface area contributed by atoms with Crippen molar-refractivity contribution in [1.29, 1.82) is 0 Å². The third-order valence-electron chi connectivity index (χ3n) is 13.6. The zero-order valence-corrected chi connectivity index (χ0v) is 51.4. The number of nitrogens with zero attached hydrogens (tertiary/aromatic N) is 2. The highest BCUT2D eigenvalue weighted by molar-refractivity contribution is 5.99. The summed E-state index contributed by atoms with van der Waals surface area (Å²) in [4.78, 5) is 158. The van der Waals surface area contributed by atoms with E-state index in [0.717, 1.165) is 0 Å². The van der Waals surface area contributed by atoms with Crippen molar-refractivity contribution in [2.24, 2.45) is 62.1 Å². The average Bonchev–Trinajstić information content (AvgIpc) is 1.86. The molecule has 0 unspecified atom stereocenters. The molecule has 0 spiro atoms. The minimum Gasteiger partial charge on any atom is -0.508 e. The number of hydrogen-bond donors (Lipinski definition) is 19. The number of primary amides is 1. The number of guanidine groups is 2. The van der Waals surface area contributed by atoms with Crippen LogP contribution in [0.1, 0.15) is 105 Å². The first-order valence-corrected chi connectivity index (χ1v) is 28.9. The van der Waals surface area contributed by atoms with Crippen molar-refractivity contribution in [1.82, 2.24) is 47.9 Å². The number of nitrogens with two attached hydrogens (primary N) is 6. The highest BCUT2D eigenvalue weighted by atomic mass is 16.4. The number of benzene rings is 2. The van der Waals surface area contributed by atoms with E-state index in [9.17, 15) is 73.2 Å². The van der Waals surface area contributed by atoms with Gasteiger partial charge in [-0.2, -0.15) is 0 Å². The number of aliphatic carboxylic acids is 1. The summed E-state index contributed by atoms with van der Waals surface area (Å²) in [6.07, 6.45) is -2.84. The van der Waals surface area contributed by atoms with Gasteiger partial charge in [-0.25, -0.2) is 4.79 Å². The molecular weight excluding hydrogens is 1160 g/mol. The summed E-state index contributed by atoms with van der Waals surface area (Å²) in [6.45, 7) is 12.5. The molecule has 0 radical (unpaired) electrons. The number of nitrogens with one attached hydrogen (secondary N) is 9. The second-order valence-electron chi connectivity index (χ2n) is 22.6. The molecule has 89 heavy (non-hydrogen) atoms. The lowest BCUT2D eigenvalue weighted by atomic mass is 9.99. The summed E-state index contributed by atoms with van der Waals surface area (Å²) < 4.78 is 0. The molecule has 32 nitrogen and oxygen atoms in total. The molecule has 0 aliphatic rings. The first-order chi connectivity index (χ1) is 41.6. The van der Waals surface area contributed by atoms with E-state index < -0.39 is 150 Å². The molecule has 2 rings (SSSR count). The Labute approximate surface area is 516 Å². The van der Waals surface area contributed by atoms with E-state index in [4.69, 9.17) is 34.4 Å². The van der Waals surface area contributed by atoms with E-state index in [1.807, 2.05) is 0 Å². The van der Waals surface area contributed by atoms with Crippen molar-refractivity contribution in [2.45, 2.75) is 173 Å². The highest BCUT2D eigenvalue weighted by Gasteiger charge is 2.37. The number of aliphatic imine (C=N–C) groups is 2. The predicted octanol–water partition coefficient (Wildman–Crippen LogP) is -4.60. The van der Waals surface area contributed by atoms with Crippen molar-refractivity contribution in [3.05, 3.63) is 59.7 Å². The second kappa shape index (κ2) is 37.4. The molecule has 2 aromatic carbocycles. The molecule has 10 amide bonds. The van der Waals surface area contributed by atoms with Gasteiger partial charge in [0.05, 0.1) is 12.5 Å². The summed E-state index contributed by atoms with van der Waals surface area (Å²) in [5, 5.41) is 62.6. The maximum Gasteiger partial charge on any atom is 0.326 e. The third-order valence-corrected chi connectivity index (χ3v) is 13.6. The molecule has 0 saturated heterocycles. The monoisotopic (exact) mass is 1250 g/mol. The van der Waals surface area contributed by atoms with Gasteiger partial charge in [0, 0.05) is 25.9 Å². The Hall–Kier alpha value is -9.33. The number of phenols is 2. The fraction of sp³-hybridized carbons (Fsp3) is 0.561. The number of rotatable bonds is 38. The number of carboxylic acid groups (broad SMARTS) is 1. The number of aliphatic hydroxyl groups excluding tert-OH is 1. The maximum atomic E-state index is 14.7. The Balaban J connectivity index is 2.59. The normalized spacial score (nSPS) is 14.8. The van der Waals surface area contributed by atoms with Crippen LogP contribution in [0.2, 0.25) is 0 Å². The molecule has 0 aromatic heterocycles. The van der Waals surface area contributed by atoms with Gasteiger partial charge in [-0.3, -0.25) is 57.9 Å². The predicted molar refractivity (Wildman–Crippen MR) is 327 cm³/mol. The van der Waals surface area contributed by atoms with Gasteiger partial charge in [-0.05, 0) is 99.1 Å². The number of carboxylic acids is 1. The third kappa shape index (κ3) is 27.9. The van der Waals surface area contributed by atoms with Crippen LogP contribution in [0.5, 0.6) is 11.5 Å². The minimum absolute atomic E-state index is 0.000983. The van der Waals surface area contributed by atoms with Gasteiger partial charge < -0.3 is 103 Å². The number of carbonyl (C=O) groups excluding carboxylic acids is 10. The van der Waals surface area contributed by atoms with Crippen LogP contribution in [0.4, 0.5) is 0 Å². The fourth-order valence-electron chi connectivity index (χ4n) is 8.61. The molecule has 0 saturated carbocycles.